The predicted molar refractivity (Wildman–Crippen MR) is 103 cm³/mol. The first-order chi connectivity index (χ1) is 13.5. The molecule has 0 amide bonds. The lowest BCUT2D eigenvalue weighted by Crippen LogP contribution is -2.39. The van der Waals surface area contributed by atoms with Gasteiger partial charge < -0.3 is 14.6 Å². The van der Waals surface area contributed by atoms with E-state index >= 15 is 0 Å². The molecule has 6 heteroatoms. The second-order valence-corrected chi connectivity index (χ2v) is 7.30. The molecule has 0 aliphatic carbocycles. The molecule has 2 atom stereocenters. The lowest BCUT2D eigenvalue weighted by atomic mass is 10.1. The molecule has 0 aromatic heterocycles. The summed E-state index contributed by atoms with van der Waals surface area (Å²) in [5, 5.41) is 10.5. The number of aryl methyl sites for hydroxylation is 1. The van der Waals surface area contributed by atoms with E-state index in [1.807, 2.05) is 36.1 Å². The van der Waals surface area contributed by atoms with E-state index in [0.717, 1.165) is 36.8 Å². The molecule has 2 aromatic carbocycles. The SMILES string of the molecule is Cc1ccccc1OC[C@H](O)CN(Cc1ccc(F)cc1F)C[C@H]1CCCO1. The minimum Gasteiger partial charge on any atom is -0.491 e. The van der Waals surface area contributed by atoms with Gasteiger partial charge in [0.2, 0.25) is 0 Å². The zero-order chi connectivity index (χ0) is 19.9. The number of rotatable bonds is 9. The van der Waals surface area contributed by atoms with Crippen molar-refractivity contribution in [3.63, 3.8) is 0 Å². The van der Waals surface area contributed by atoms with Crippen molar-refractivity contribution in [3.8, 4) is 5.75 Å². The summed E-state index contributed by atoms with van der Waals surface area (Å²) in [4.78, 5) is 1.94. The first kappa shape index (κ1) is 20.7. The molecule has 0 unspecified atom stereocenters. The highest BCUT2D eigenvalue weighted by Crippen LogP contribution is 2.19. The molecule has 152 valence electrons. The maximum absolute atomic E-state index is 14.1. The van der Waals surface area contributed by atoms with Crippen LogP contribution in [-0.2, 0) is 11.3 Å². The molecule has 1 aliphatic heterocycles. The van der Waals surface area contributed by atoms with Gasteiger partial charge in [-0.1, -0.05) is 24.3 Å². The summed E-state index contributed by atoms with van der Waals surface area (Å²) in [7, 11) is 0. The zero-order valence-electron chi connectivity index (χ0n) is 16.1. The van der Waals surface area contributed by atoms with Gasteiger partial charge in [-0.3, -0.25) is 4.90 Å². The first-order valence-electron chi connectivity index (χ1n) is 9.65. The van der Waals surface area contributed by atoms with Crippen molar-refractivity contribution >= 4 is 0 Å². The predicted octanol–water partition coefficient (Wildman–Crippen LogP) is 3.69. The molecule has 0 spiro atoms. The molecule has 4 nitrogen and oxygen atoms in total. The fourth-order valence-corrected chi connectivity index (χ4v) is 3.43. The number of para-hydroxylation sites is 1. The van der Waals surface area contributed by atoms with Crippen molar-refractivity contribution in [3.05, 3.63) is 65.2 Å². The summed E-state index contributed by atoms with van der Waals surface area (Å²) >= 11 is 0. The Morgan fingerprint density at radius 1 is 1.25 bits per heavy atom. The number of halogens is 2. The summed E-state index contributed by atoms with van der Waals surface area (Å²) in [6.07, 6.45) is 1.26. The molecular weight excluding hydrogens is 364 g/mol. The van der Waals surface area contributed by atoms with E-state index < -0.39 is 17.7 Å². The van der Waals surface area contributed by atoms with Gasteiger partial charge in [0.05, 0.1) is 6.10 Å². The maximum Gasteiger partial charge on any atom is 0.130 e. The Morgan fingerprint density at radius 3 is 2.79 bits per heavy atom. The van der Waals surface area contributed by atoms with Crippen LogP contribution in [0.25, 0.3) is 0 Å². The monoisotopic (exact) mass is 391 g/mol. The van der Waals surface area contributed by atoms with Crippen LogP contribution in [0.1, 0.15) is 24.0 Å². The van der Waals surface area contributed by atoms with E-state index in [0.29, 0.717) is 18.7 Å². The van der Waals surface area contributed by atoms with Crippen LogP contribution in [-0.4, -0.2) is 48.5 Å². The Hall–Kier alpha value is -2.02. The van der Waals surface area contributed by atoms with Gasteiger partial charge >= 0.3 is 0 Å². The third-order valence-corrected chi connectivity index (χ3v) is 4.89. The highest BCUT2D eigenvalue weighted by Gasteiger charge is 2.22. The van der Waals surface area contributed by atoms with Crippen LogP contribution < -0.4 is 4.74 Å². The largest absolute Gasteiger partial charge is 0.491 e. The summed E-state index contributed by atoms with van der Waals surface area (Å²) < 4.78 is 38.7. The molecule has 1 saturated heterocycles. The molecule has 2 aromatic rings. The van der Waals surface area contributed by atoms with Gasteiger partial charge in [-0.05, 0) is 37.5 Å². The Morgan fingerprint density at radius 2 is 2.07 bits per heavy atom. The minimum atomic E-state index is -0.746. The average molecular weight is 391 g/mol. The van der Waals surface area contributed by atoms with E-state index in [1.165, 1.54) is 12.1 Å². The van der Waals surface area contributed by atoms with Gasteiger partial charge in [-0.15, -0.1) is 0 Å². The van der Waals surface area contributed by atoms with Gasteiger partial charge in [0.1, 0.15) is 30.1 Å². The normalized spacial score (nSPS) is 17.8. The molecule has 1 aliphatic rings. The van der Waals surface area contributed by atoms with Crippen molar-refractivity contribution in [2.24, 2.45) is 0 Å². The Balaban J connectivity index is 1.61. The summed E-state index contributed by atoms with van der Waals surface area (Å²) in [6, 6.07) is 11.2. The molecule has 0 radical (unpaired) electrons. The fourth-order valence-electron chi connectivity index (χ4n) is 3.43. The molecule has 1 N–H and O–H groups in total. The summed E-state index contributed by atoms with van der Waals surface area (Å²) in [5.74, 6) is -0.446. The Kier molecular flexibility index (Phi) is 7.36. The van der Waals surface area contributed by atoms with Gasteiger partial charge in [0.15, 0.2) is 0 Å². The fraction of sp³-hybridized carbons (Fsp3) is 0.455. The number of ether oxygens (including phenoxy) is 2. The van der Waals surface area contributed by atoms with Crippen molar-refractivity contribution < 1.29 is 23.4 Å². The van der Waals surface area contributed by atoms with Crippen LogP contribution in [0.2, 0.25) is 0 Å². The Labute approximate surface area is 164 Å². The van der Waals surface area contributed by atoms with Crippen molar-refractivity contribution in [2.75, 3.05) is 26.3 Å². The number of benzene rings is 2. The number of aliphatic hydroxyl groups excluding tert-OH is 1. The smallest absolute Gasteiger partial charge is 0.130 e. The molecule has 28 heavy (non-hydrogen) atoms. The highest BCUT2D eigenvalue weighted by atomic mass is 19.1. The van der Waals surface area contributed by atoms with Crippen LogP contribution in [0, 0.1) is 18.6 Å². The van der Waals surface area contributed by atoms with E-state index in [4.69, 9.17) is 9.47 Å². The average Bonchev–Trinajstić information content (AvgIpc) is 3.16. The first-order valence-corrected chi connectivity index (χ1v) is 9.65. The lowest BCUT2D eigenvalue weighted by Gasteiger charge is -2.27. The van der Waals surface area contributed by atoms with Gasteiger partial charge in [0, 0.05) is 37.9 Å². The molecule has 1 fully saturated rings. The van der Waals surface area contributed by atoms with Crippen molar-refractivity contribution in [1.82, 2.24) is 4.90 Å². The van der Waals surface area contributed by atoms with Gasteiger partial charge in [0.25, 0.3) is 0 Å². The van der Waals surface area contributed by atoms with Gasteiger partial charge in [-0.25, -0.2) is 8.78 Å². The number of aliphatic hydroxyl groups is 1. The standard InChI is InChI=1S/C22H27F2NO3/c1-16-5-2-3-7-22(16)28-15-19(26)13-25(14-20-6-4-10-27-20)12-17-8-9-18(23)11-21(17)24/h2-3,5,7-9,11,19-20,26H,4,6,10,12-15H2,1H3/t19-,20-/m1/s1. The van der Waals surface area contributed by atoms with Crippen molar-refractivity contribution in [1.29, 1.82) is 0 Å². The van der Waals surface area contributed by atoms with Crippen LogP contribution in [0.4, 0.5) is 8.78 Å². The second-order valence-electron chi connectivity index (χ2n) is 7.30. The zero-order valence-corrected chi connectivity index (χ0v) is 16.1. The van der Waals surface area contributed by atoms with Crippen LogP contribution in [0.3, 0.4) is 0 Å². The number of hydrogen-bond donors (Lipinski definition) is 1. The van der Waals surface area contributed by atoms with E-state index in [2.05, 4.69) is 0 Å². The minimum absolute atomic E-state index is 0.0630. The highest BCUT2D eigenvalue weighted by molar-refractivity contribution is 5.31. The molecule has 3 rings (SSSR count). The number of nitrogens with zero attached hydrogens (tertiary/aromatic N) is 1. The third-order valence-electron chi connectivity index (χ3n) is 4.89. The van der Waals surface area contributed by atoms with E-state index in [-0.39, 0.29) is 19.3 Å². The maximum atomic E-state index is 14.1. The summed E-state index contributed by atoms with van der Waals surface area (Å²) in [5.41, 5.74) is 1.39. The van der Waals surface area contributed by atoms with Gasteiger partial charge in [-0.2, -0.15) is 0 Å². The summed E-state index contributed by atoms with van der Waals surface area (Å²) in [6.45, 7) is 3.97. The van der Waals surface area contributed by atoms with Crippen LogP contribution >= 0.6 is 0 Å². The topological polar surface area (TPSA) is 41.9 Å². The quantitative estimate of drug-likeness (QED) is 0.708. The molecular formula is C22H27F2NO3. The van der Waals surface area contributed by atoms with Crippen molar-refractivity contribution in [2.45, 2.75) is 38.5 Å². The van der Waals surface area contributed by atoms with E-state index in [1.54, 1.807) is 0 Å². The van der Waals surface area contributed by atoms with Crippen LogP contribution in [0.5, 0.6) is 5.75 Å². The lowest BCUT2D eigenvalue weighted by molar-refractivity contribution is 0.0309. The third kappa shape index (κ3) is 5.99. The Bertz CT molecular complexity index is 765. The van der Waals surface area contributed by atoms with E-state index in [9.17, 15) is 13.9 Å². The number of hydrogen-bond acceptors (Lipinski definition) is 4. The second kappa shape index (κ2) is 9.96. The molecule has 0 bridgehead atoms. The van der Waals surface area contributed by atoms with Crippen LogP contribution in [0.15, 0.2) is 42.5 Å². The molecule has 1 heterocycles. The molecule has 0 saturated carbocycles.